The van der Waals surface area contributed by atoms with Gasteiger partial charge in [-0.25, -0.2) is 0 Å². The molecule has 3 unspecified atom stereocenters. The maximum atomic E-state index is 6.14. The summed E-state index contributed by atoms with van der Waals surface area (Å²) < 4.78 is 8.27. The second-order valence-corrected chi connectivity index (χ2v) is 7.35. The first-order valence-electron chi connectivity index (χ1n) is 8.69. The third-order valence-corrected chi connectivity index (χ3v) is 5.98. The lowest BCUT2D eigenvalue weighted by Gasteiger charge is -2.33. The van der Waals surface area contributed by atoms with E-state index in [4.69, 9.17) is 15.6 Å². The number of rotatable bonds is 4. The topological polar surface area (TPSA) is 53.1 Å². The maximum Gasteiger partial charge on any atom is 0.0652 e. The zero-order valence-corrected chi connectivity index (χ0v) is 12.8. The molecule has 0 aromatic carbocycles. The highest BCUT2D eigenvalue weighted by molar-refractivity contribution is 5.10. The lowest BCUT2D eigenvalue weighted by Crippen LogP contribution is -2.41. The van der Waals surface area contributed by atoms with Crippen molar-refractivity contribution >= 4 is 0 Å². The quantitative estimate of drug-likeness (QED) is 0.927. The van der Waals surface area contributed by atoms with Crippen molar-refractivity contribution in [3.05, 3.63) is 18.0 Å². The van der Waals surface area contributed by atoms with E-state index in [0.29, 0.717) is 18.2 Å². The molecule has 2 N–H and O–H groups in total. The molecule has 4 heteroatoms. The fourth-order valence-corrected chi connectivity index (χ4v) is 4.75. The van der Waals surface area contributed by atoms with Crippen LogP contribution in [0.3, 0.4) is 0 Å². The van der Waals surface area contributed by atoms with Crippen molar-refractivity contribution in [1.82, 2.24) is 9.78 Å². The van der Waals surface area contributed by atoms with Crippen LogP contribution >= 0.6 is 0 Å². The van der Waals surface area contributed by atoms with Crippen molar-refractivity contribution in [2.24, 2.45) is 11.1 Å². The summed E-state index contributed by atoms with van der Waals surface area (Å²) in [5.41, 5.74) is 7.50. The molecule has 1 aromatic heterocycles. The minimum absolute atomic E-state index is 0.147. The van der Waals surface area contributed by atoms with Crippen LogP contribution in [0.1, 0.15) is 63.1 Å². The summed E-state index contributed by atoms with van der Waals surface area (Å²) in [6.07, 6.45) is 14.2. The average Bonchev–Trinajstić information content (AvgIpc) is 3.24. The minimum Gasteiger partial charge on any atom is -0.374 e. The lowest BCUT2D eigenvalue weighted by molar-refractivity contribution is 0.0631. The lowest BCUT2D eigenvalue weighted by atomic mass is 9.71. The number of nitrogens with two attached hydrogens (primary N) is 1. The Morgan fingerprint density at radius 2 is 2.10 bits per heavy atom. The number of hydrogen-bond acceptors (Lipinski definition) is 3. The van der Waals surface area contributed by atoms with Gasteiger partial charge in [0, 0.05) is 24.6 Å². The average molecular weight is 289 g/mol. The number of fused-ring (bicyclic) bond motifs is 2. The zero-order valence-electron chi connectivity index (χ0n) is 12.8. The Bertz CT molecular complexity index is 494. The summed E-state index contributed by atoms with van der Waals surface area (Å²) in [6, 6.07) is 2.83. The predicted molar refractivity (Wildman–Crippen MR) is 82.1 cm³/mol. The zero-order chi connectivity index (χ0) is 14.3. The van der Waals surface area contributed by atoms with Gasteiger partial charge in [0.15, 0.2) is 0 Å². The van der Waals surface area contributed by atoms with Gasteiger partial charge in [-0.15, -0.1) is 0 Å². The fraction of sp³-hybridized carbons (Fsp3) is 0.824. The molecule has 3 heterocycles. The summed E-state index contributed by atoms with van der Waals surface area (Å²) in [5.74, 6) is 0. The van der Waals surface area contributed by atoms with Gasteiger partial charge in [-0.2, -0.15) is 5.10 Å². The first-order valence-corrected chi connectivity index (χ1v) is 8.69. The summed E-state index contributed by atoms with van der Waals surface area (Å²) in [6.45, 7) is 0.727. The molecule has 21 heavy (non-hydrogen) atoms. The molecule has 0 spiro atoms. The Morgan fingerprint density at radius 1 is 1.24 bits per heavy atom. The molecular formula is C17H27N3O. The summed E-state index contributed by atoms with van der Waals surface area (Å²) in [7, 11) is 0. The van der Waals surface area contributed by atoms with Gasteiger partial charge in [0.25, 0.3) is 0 Å². The number of ether oxygens (including phenoxy) is 1. The number of hydrogen-bond donors (Lipinski definition) is 1. The van der Waals surface area contributed by atoms with E-state index in [1.54, 1.807) is 0 Å². The molecule has 0 amide bonds. The Hall–Kier alpha value is -0.870. The normalized spacial score (nSPS) is 36.4. The third-order valence-electron chi connectivity index (χ3n) is 5.98. The molecule has 1 aromatic rings. The van der Waals surface area contributed by atoms with Gasteiger partial charge in [0.1, 0.15) is 0 Å². The van der Waals surface area contributed by atoms with E-state index in [1.165, 1.54) is 50.6 Å². The van der Waals surface area contributed by atoms with Crippen LogP contribution in [0.15, 0.2) is 12.3 Å². The first-order chi connectivity index (χ1) is 10.3. The second-order valence-electron chi connectivity index (χ2n) is 7.35. The smallest absolute Gasteiger partial charge is 0.0652 e. The molecule has 4 nitrogen and oxygen atoms in total. The molecule has 1 aliphatic carbocycles. The second kappa shape index (κ2) is 5.40. The number of aromatic nitrogens is 2. The van der Waals surface area contributed by atoms with Crippen LogP contribution < -0.4 is 5.73 Å². The van der Waals surface area contributed by atoms with Crippen molar-refractivity contribution in [3.8, 4) is 0 Å². The largest absolute Gasteiger partial charge is 0.374 e. The van der Waals surface area contributed by atoms with Crippen LogP contribution in [0.2, 0.25) is 0 Å². The molecule has 2 saturated heterocycles. The molecule has 3 fully saturated rings. The van der Waals surface area contributed by atoms with E-state index in [0.717, 1.165) is 19.4 Å². The Balaban J connectivity index is 1.48. The predicted octanol–water partition coefficient (Wildman–Crippen LogP) is 2.83. The van der Waals surface area contributed by atoms with Crippen LogP contribution in [0.25, 0.3) is 0 Å². The van der Waals surface area contributed by atoms with E-state index >= 15 is 0 Å². The molecule has 2 aliphatic heterocycles. The highest BCUT2D eigenvalue weighted by atomic mass is 16.5. The molecule has 1 saturated carbocycles. The Morgan fingerprint density at radius 3 is 2.76 bits per heavy atom. The molecule has 2 bridgehead atoms. The van der Waals surface area contributed by atoms with Gasteiger partial charge in [-0.05, 0) is 38.2 Å². The molecule has 116 valence electrons. The van der Waals surface area contributed by atoms with Crippen LogP contribution in [-0.4, -0.2) is 28.5 Å². The van der Waals surface area contributed by atoms with E-state index in [1.807, 2.05) is 0 Å². The first kappa shape index (κ1) is 13.8. The molecular weight excluding hydrogens is 262 g/mol. The van der Waals surface area contributed by atoms with E-state index < -0.39 is 0 Å². The fourth-order valence-electron chi connectivity index (χ4n) is 4.75. The molecule has 3 atom stereocenters. The van der Waals surface area contributed by atoms with E-state index in [-0.39, 0.29) is 5.41 Å². The van der Waals surface area contributed by atoms with Gasteiger partial charge in [0.05, 0.1) is 23.9 Å². The van der Waals surface area contributed by atoms with Gasteiger partial charge >= 0.3 is 0 Å². The molecule has 0 radical (unpaired) electrons. The van der Waals surface area contributed by atoms with Gasteiger partial charge in [-0.3, -0.25) is 4.68 Å². The highest BCUT2D eigenvalue weighted by Crippen LogP contribution is 2.48. The van der Waals surface area contributed by atoms with Crippen molar-refractivity contribution < 1.29 is 4.74 Å². The van der Waals surface area contributed by atoms with Crippen molar-refractivity contribution in [1.29, 1.82) is 0 Å². The van der Waals surface area contributed by atoms with Crippen LogP contribution in [-0.2, 0) is 11.2 Å². The SMILES string of the molecule is NCC1(Cc2ccn(C3CCCCC3)n2)CC2CCC1O2. The van der Waals surface area contributed by atoms with Crippen LogP contribution in [0.4, 0.5) is 0 Å². The monoisotopic (exact) mass is 289 g/mol. The third kappa shape index (κ3) is 2.42. The maximum absolute atomic E-state index is 6.14. The minimum atomic E-state index is 0.147. The highest BCUT2D eigenvalue weighted by Gasteiger charge is 2.51. The molecule has 3 aliphatic rings. The van der Waals surface area contributed by atoms with Crippen molar-refractivity contribution in [2.45, 2.75) is 76.0 Å². The Labute approximate surface area is 127 Å². The van der Waals surface area contributed by atoms with Gasteiger partial charge in [-0.1, -0.05) is 19.3 Å². The standard InChI is InChI=1S/C17H27N3O/c18-12-17(11-15-6-7-16(17)21-15)10-13-8-9-20(19-13)14-4-2-1-3-5-14/h8-9,14-16H,1-7,10-12,18H2. The summed E-state index contributed by atoms with van der Waals surface area (Å²) in [4.78, 5) is 0. The van der Waals surface area contributed by atoms with E-state index in [9.17, 15) is 0 Å². The Kier molecular flexibility index (Phi) is 3.54. The van der Waals surface area contributed by atoms with Crippen molar-refractivity contribution in [3.63, 3.8) is 0 Å². The van der Waals surface area contributed by atoms with Gasteiger partial charge in [0.2, 0.25) is 0 Å². The molecule has 4 rings (SSSR count). The summed E-state index contributed by atoms with van der Waals surface area (Å²) in [5, 5.41) is 4.88. The van der Waals surface area contributed by atoms with E-state index in [2.05, 4.69) is 16.9 Å². The van der Waals surface area contributed by atoms with Gasteiger partial charge < -0.3 is 10.5 Å². The van der Waals surface area contributed by atoms with Crippen LogP contribution in [0, 0.1) is 5.41 Å². The summed E-state index contributed by atoms with van der Waals surface area (Å²) >= 11 is 0. The van der Waals surface area contributed by atoms with Crippen molar-refractivity contribution in [2.75, 3.05) is 6.54 Å². The number of nitrogens with zero attached hydrogens (tertiary/aromatic N) is 2. The van der Waals surface area contributed by atoms with Crippen LogP contribution in [0.5, 0.6) is 0 Å².